The second-order valence-electron chi connectivity index (χ2n) is 11.3. The Bertz CT molecular complexity index is 1590. The third-order valence-electron chi connectivity index (χ3n) is 8.21. The van der Waals surface area contributed by atoms with Gasteiger partial charge >= 0.3 is 0 Å². The molecule has 7 rings (SSSR count). The predicted octanol–water partition coefficient (Wildman–Crippen LogP) is 3.66. The summed E-state index contributed by atoms with van der Waals surface area (Å²) in [4.78, 5) is 32.0. The summed E-state index contributed by atoms with van der Waals surface area (Å²) in [6, 6.07) is 14.2. The Morgan fingerprint density at radius 2 is 1.90 bits per heavy atom. The molecular weight excluding hydrogens is 504 g/mol. The Morgan fingerprint density at radius 1 is 1.15 bits per heavy atom. The van der Waals surface area contributed by atoms with Crippen LogP contribution in [-0.4, -0.2) is 67.0 Å². The van der Waals surface area contributed by atoms with Crippen molar-refractivity contribution in [1.82, 2.24) is 29.2 Å². The molecule has 3 saturated heterocycles. The minimum Gasteiger partial charge on any atom is -0.384 e. The fraction of sp³-hybridized carbons (Fsp3) is 0.400. The van der Waals surface area contributed by atoms with E-state index in [-0.39, 0.29) is 12.1 Å². The molecule has 208 valence electrons. The average molecular weight is 541 g/mol. The maximum absolute atomic E-state index is 13.3. The van der Waals surface area contributed by atoms with Crippen LogP contribution in [0.2, 0.25) is 0 Å². The number of piperidine rings is 3. The van der Waals surface area contributed by atoms with Crippen LogP contribution in [0.25, 0.3) is 16.9 Å². The molecule has 3 aliphatic heterocycles. The topological polar surface area (TPSA) is 104 Å². The number of benzene rings is 1. The Morgan fingerprint density at radius 3 is 2.55 bits per heavy atom. The van der Waals surface area contributed by atoms with Crippen LogP contribution in [0.5, 0.6) is 0 Å². The number of rotatable bonds is 8. The van der Waals surface area contributed by atoms with Gasteiger partial charge in [-0.1, -0.05) is 12.1 Å². The first-order valence-corrected chi connectivity index (χ1v) is 13.8. The Labute approximate surface area is 233 Å². The van der Waals surface area contributed by atoms with Gasteiger partial charge in [0, 0.05) is 37.2 Å². The summed E-state index contributed by atoms with van der Waals surface area (Å²) < 4.78 is 3.18. The number of aromatic nitrogens is 5. The van der Waals surface area contributed by atoms with E-state index in [1.54, 1.807) is 49.0 Å². The van der Waals surface area contributed by atoms with Crippen molar-refractivity contribution in [2.24, 2.45) is 5.92 Å². The summed E-state index contributed by atoms with van der Waals surface area (Å²) >= 11 is 0. The highest BCUT2D eigenvalue weighted by atomic mass is 16.3. The molecule has 0 spiro atoms. The fourth-order valence-electron chi connectivity index (χ4n) is 5.96. The largest absolute Gasteiger partial charge is 0.384 e. The third-order valence-corrected chi connectivity index (χ3v) is 8.21. The van der Waals surface area contributed by atoms with Crippen LogP contribution < -0.4 is 15.8 Å². The molecule has 3 fully saturated rings. The van der Waals surface area contributed by atoms with Gasteiger partial charge in [0.15, 0.2) is 11.5 Å². The van der Waals surface area contributed by atoms with Gasteiger partial charge in [0.2, 0.25) is 5.95 Å². The SMILES string of the molecule is C=CCn1c(=O)c2cnc(Nc3ccc(N(C)[C@@H]4CN5CCC4CC5)cc3)nc2n1-c1cccc(C(C)(C)O)n1. The molecule has 0 unspecified atom stereocenters. The van der Waals surface area contributed by atoms with Gasteiger partial charge in [0.05, 0.1) is 12.2 Å². The van der Waals surface area contributed by atoms with Crippen molar-refractivity contribution >= 4 is 28.4 Å². The van der Waals surface area contributed by atoms with Crippen LogP contribution in [0.4, 0.5) is 17.3 Å². The number of nitrogens with one attached hydrogen (secondary N) is 1. The fourth-order valence-corrected chi connectivity index (χ4v) is 5.96. The molecule has 0 saturated carbocycles. The normalized spacial score (nSPS) is 20.6. The van der Waals surface area contributed by atoms with Crippen LogP contribution >= 0.6 is 0 Å². The second kappa shape index (κ2) is 10.2. The highest BCUT2D eigenvalue weighted by molar-refractivity contribution is 5.77. The van der Waals surface area contributed by atoms with E-state index < -0.39 is 5.60 Å². The van der Waals surface area contributed by atoms with Gasteiger partial charge in [-0.25, -0.2) is 19.3 Å². The van der Waals surface area contributed by atoms with E-state index in [1.807, 2.05) is 12.1 Å². The Hall–Kier alpha value is -4.02. The molecule has 1 aromatic carbocycles. The van der Waals surface area contributed by atoms with Gasteiger partial charge in [-0.05, 0) is 82.1 Å². The van der Waals surface area contributed by atoms with Crippen LogP contribution in [0, 0.1) is 5.92 Å². The van der Waals surface area contributed by atoms with Crippen molar-refractivity contribution < 1.29 is 5.11 Å². The van der Waals surface area contributed by atoms with Crippen molar-refractivity contribution in [3.8, 4) is 5.82 Å². The van der Waals surface area contributed by atoms with Gasteiger partial charge in [-0.3, -0.25) is 4.79 Å². The number of hydrogen-bond donors (Lipinski definition) is 2. The molecule has 10 heteroatoms. The standard InChI is InChI=1S/C30H36N8O2/c1-5-15-37-28(39)23-18-31-29(34-27(23)38(37)26-8-6-7-25(33-26)30(2,3)40)32-21-9-11-22(12-10-21)35(4)24-19-36-16-13-20(24)14-17-36/h5-12,18,20,24,40H,1,13-17,19H2,2-4H3,(H,31,32,34)/t24-/m1/s1. The lowest BCUT2D eigenvalue weighted by Gasteiger charge is -2.48. The van der Waals surface area contributed by atoms with Crippen molar-refractivity contribution in [3.63, 3.8) is 0 Å². The first-order valence-electron chi connectivity index (χ1n) is 13.8. The van der Waals surface area contributed by atoms with Gasteiger partial charge in [0.25, 0.3) is 5.56 Å². The summed E-state index contributed by atoms with van der Waals surface area (Å²) in [5, 5.41) is 14.2. The first-order chi connectivity index (χ1) is 19.2. The number of nitrogens with zero attached hydrogens (tertiary/aromatic N) is 7. The molecule has 10 nitrogen and oxygen atoms in total. The van der Waals surface area contributed by atoms with Gasteiger partial charge < -0.3 is 20.2 Å². The number of fused-ring (bicyclic) bond motifs is 4. The monoisotopic (exact) mass is 540 g/mol. The van der Waals surface area contributed by atoms with Crippen LogP contribution in [0.1, 0.15) is 32.4 Å². The predicted molar refractivity (Wildman–Crippen MR) is 157 cm³/mol. The third kappa shape index (κ3) is 4.77. The molecule has 0 radical (unpaired) electrons. The highest BCUT2D eigenvalue weighted by Crippen LogP contribution is 2.33. The number of likely N-dealkylation sites (N-methyl/N-ethyl adjacent to an activating group) is 1. The Balaban J connectivity index is 1.30. The molecule has 2 N–H and O–H groups in total. The average Bonchev–Trinajstić information content (AvgIpc) is 3.24. The zero-order valence-electron chi connectivity index (χ0n) is 23.3. The minimum atomic E-state index is -1.14. The number of aliphatic hydroxyl groups is 1. The molecule has 3 aliphatic rings. The maximum atomic E-state index is 13.3. The van der Waals surface area contributed by atoms with Crippen LogP contribution in [-0.2, 0) is 12.1 Å². The summed E-state index contributed by atoms with van der Waals surface area (Å²) in [5.74, 6) is 1.60. The zero-order valence-corrected chi connectivity index (χ0v) is 23.3. The van der Waals surface area contributed by atoms with E-state index in [2.05, 4.69) is 50.8 Å². The van der Waals surface area contributed by atoms with E-state index in [0.29, 0.717) is 34.5 Å². The van der Waals surface area contributed by atoms with Gasteiger partial charge in [0.1, 0.15) is 11.0 Å². The van der Waals surface area contributed by atoms with Crippen LogP contribution in [0.3, 0.4) is 0 Å². The second-order valence-corrected chi connectivity index (χ2v) is 11.3. The molecule has 6 heterocycles. The summed E-state index contributed by atoms with van der Waals surface area (Å²) in [6.07, 6.45) is 5.76. The van der Waals surface area contributed by atoms with Crippen LogP contribution in [0.15, 0.2) is 66.1 Å². The lowest BCUT2D eigenvalue weighted by atomic mass is 9.83. The summed E-state index contributed by atoms with van der Waals surface area (Å²) in [6.45, 7) is 11.0. The first kappa shape index (κ1) is 26.2. The lowest BCUT2D eigenvalue weighted by Crippen LogP contribution is -2.56. The quantitative estimate of drug-likeness (QED) is 0.327. The molecule has 2 bridgehead atoms. The Kier molecular flexibility index (Phi) is 6.67. The molecule has 4 aromatic rings. The van der Waals surface area contributed by atoms with E-state index >= 15 is 0 Å². The van der Waals surface area contributed by atoms with Crippen molar-refractivity contribution in [2.45, 2.75) is 44.9 Å². The minimum absolute atomic E-state index is 0.239. The van der Waals surface area contributed by atoms with Crippen molar-refractivity contribution in [3.05, 3.63) is 77.4 Å². The number of pyridine rings is 1. The number of allylic oxidation sites excluding steroid dienone is 1. The van der Waals surface area contributed by atoms with Gasteiger partial charge in [-0.15, -0.1) is 6.58 Å². The van der Waals surface area contributed by atoms with E-state index in [9.17, 15) is 9.90 Å². The molecule has 1 atom stereocenters. The smallest absolute Gasteiger partial charge is 0.278 e. The van der Waals surface area contributed by atoms with Crippen molar-refractivity contribution in [1.29, 1.82) is 0 Å². The summed E-state index contributed by atoms with van der Waals surface area (Å²) in [7, 11) is 2.19. The zero-order chi connectivity index (χ0) is 28.0. The highest BCUT2D eigenvalue weighted by Gasteiger charge is 2.36. The maximum Gasteiger partial charge on any atom is 0.278 e. The molecule has 0 aliphatic carbocycles. The molecular formula is C30H36N8O2. The lowest BCUT2D eigenvalue weighted by molar-refractivity contribution is 0.0738. The van der Waals surface area contributed by atoms with Gasteiger partial charge in [-0.2, -0.15) is 4.98 Å². The number of anilines is 3. The van der Waals surface area contributed by atoms with E-state index in [0.717, 1.165) is 18.2 Å². The van der Waals surface area contributed by atoms with E-state index in [4.69, 9.17) is 4.98 Å². The molecule has 40 heavy (non-hydrogen) atoms. The van der Waals surface area contributed by atoms with Crippen molar-refractivity contribution in [2.75, 3.05) is 36.9 Å². The molecule has 0 amide bonds. The summed E-state index contributed by atoms with van der Waals surface area (Å²) in [5.41, 5.74) is 1.57. The van der Waals surface area contributed by atoms with E-state index in [1.165, 1.54) is 36.3 Å². The molecule has 3 aromatic heterocycles. The number of hydrogen-bond acceptors (Lipinski definition) is 8.